The molecule has 2 N–H and O–H groups in total. The summed E-state index contributed by atoms with van der Waals surface area (Å²) in [6.45, 7) is 4.78. The number of hydrogen-bond acceptors (Lipinski definition) is 3. The van der Waals surface area contributed by atoms with E-state index in [1.54, 1.807) is 7.11 Å². The maximum absolute atomic E-state index is 6.38. The summed E-state index contributed by atoms with van der Waals surface area (Å²) < 4.78 is 5.23. The molecule has 1 saturated carbocycles. The van der Waals surface area contributed by atoms with Crippen molar-refractivity contribution in [2.45, 2.75) is 32.4 Å². The molecule has 1 unspecified atom stereocenters. The van der Waals surface area contributed by atoms with E-state index in [1.807, 2.05) is 18.2 Å². The molecule has 1 fully saturated rings. The second-order valence-corrected chi connectivity index (χ2v) is 6.56. The molecule has 0 aromatic heterocycles. The Kier molecular flexibility index (Phi) is 5.99. The van der Waals surface area contributed by atoms with Crippen LogP contribution in [0.4, 0.5) is 0 Å². The van der Waals surface area contributed by atoms with Gasteiger partial charge in [0.25, 0.3) is 0 Å². The zero-order chi connectivity index (χ0) is 15.4. The van der Waals surface area contributed by atoms with E-state index in [2.05, 4.69) is 11.8 Å². The number of nitrogens with two attached hydrogens (primary N) is 1. The van der Waals surface area contributed by atoms with Crippen LogP contribution in [0, 0.1) is 5.92 Å². The normalized spacial score (nSPS) is 16.2. The molecule has 0 spiro atoms. The quantitative estimate of drug-likeness (QED) is 0.744. The van der Waals surface area contributed by atoms with Gasteiger partial charge in [0.15, 0.2) is 0 Å². The summed E-state index contributed by atoms with van der Waals surface area (Å²) in [5, 5.41) is 0.728. The van der Waals surface area contributed by atoms with Crippen LogP contribution in [-0.2, 0) is 11.3 Å². The molecular weight excluding hydrogens is 304 g/mol. The van der Waals surface area contributed by atoms with Crippen molar-refractivity contribution in [3.63, 3.8) is 0 Å². The van der Waals surface area contributed by atoms with Crippen LogP contribution < -0.4 is 5.73 Å². The Morgan fingerprint density at radius 3 is 2.76 bits per heavy atom. The van der Waals surface area contributed by atoms with Crippen molar-refractivity contribution in [1.29, 1.82) is 0 Å². The molecule has 0 amide bonds. The van der Waals surface area contributed by atoms with E-state index in [0.717, 1.165) is 41.8 Å². The van der Waals surface area contributed by atoms with Crippen LogP contribution in [0.1, 0.15) is 30.9 Å². The van der Waals surface area contributed by atoms with Gasteiger partial charge in [-0.2, -0.15) is 0 Å². The van der Waals surface area contributed by atoms with Gasteiger partial charge in [0.1, 0.15) is 4.99 Å². The van der Waals surface area contributed by atoms with Crippen LogP contribution in [0.2, 0.25) is 5.02 Å². The first-order valence-electron chi connectivity index (χ1n) is 7.34. The van der Waals surface area contributed by atoms with Crippen molar-refractivity contribution < 1.29 is 4.74 Å². The Bertz CT molecular complexity index is 505. The summed E-state index contributed by atoms with van der Waals surface area (Å²) in [7, 11) is 1.74. The SMILES string of the molecule is COCCN(Cc1ccc(C(N)=S)cc1Cl)C(C)C1CC1. The third kappa shape index (κ3) is 4.65. The van der Waals surface area contributed by atoms with Gasteiger partial charge in [-0.25, -0.2) is 0 Å². The van der Waals surface area contributed by atoms with Crippen molar-refractivity contribution in [3.05, 3.63) is 34.3 Å². The van der Waals surface area contributed by atoms with Gasteiger partial charge in [0, 0.05) is 36.8 Å². The first-order valence-corrected chi connectivity index (χ1v) is 8.12. The summed E-state index contributed by atoms with van der Waals surface area (Å²) in [5.41, 5.74) is 7.57. The highest BCUT2D eigenvalue weighted by Gasteiger charge is 2.32. The number of benzene rings is 1. The van der Waals surface area contributed by atoms with Crippen molar-refractivity contribution in [2.75, 3.05) is 20.3 Å². The fraction of sp³-hybridized carbons (Fsp3) is 0.562. The Labute approximate surface area is 137 Å². The molecule has 2 rings (SSSR count). The molecule has 0 heterocycles. The Morgan fingerprint density at radius 1 is 1.52 bits per heavy atom. The molecule has 116 valence electrons. The van der Waals surface area contributed by atoms with Crippen LogP contribution >= 0.6 is 23.8 Å². The lowest BCUT2D eigenvalue weighted by atomic mass is 10.1. The van der Waals surface area contributed by atoms with Crippen LogP contribution in [0.3, 0.4) is 0 Å². The summed E-state index contributed by atoms with van der Waals surface area (Å²) in [6.07, 6.45) is 2.66. The topological polar surface area (TPSA) is 38.5 Å². The number of thiocarbonyl (C=S) groups is 1. The predicted molar refractivity (Wildman–Crippen MR) is 91.8 cm³/mol. The van der Waals surface area contributed by atoms with Crippen molar-refractivity contribution in [3.8, 4) is 0 Å². The lowest BCUT2D eigenvalue weighted by Gasteiger charge is -2.29. The Morgan fingerprint density at radius 2 is 2.24 bits per heavy atom. The highest BCUT2D eigenvalue weighted by molar-refractivity contribution is 7.80. The standard InChI is InChI=1S/C16H23ClN2OS/c1-11(12-3-4-12)19(7-8-20-2)10-14-6-5-13(16(18)21)9-15(14)17/h5-6,9,11-12H,3-4,7-8,10H2,1-2H3,(H2,18,21). The molecule has 0 radical (unpaired) electrons. The van der Waals surface area contributed by atoms with Gasteiger partial charge in [-0.05, 0) is 37.3 Å². The number of halogens is 1. The van der Waals surface area contributed by atoms with Gasteiger partial charge in [-0.1, -0.05) is 36.0 Å². The summed E-state index contributed by atoms with van der Waals surface area (Å²) in [5.74, 6) is 0.816. The van der Waals surface area contributed by atoms with E-state index >= 15 is 0 Å². The minimum atomic E-state index is 0.381. The zero-order valence-corrected chi connectivity index (χ0v) is 14.2. The summed E-state index contributed by atoms with van der Waals surface area (Å²) in [4.78, 5) is 2.83. The number of rotatable bonds is 8. The van der Waals surface area contributed by atoms with Crippen LogP contribution in [0.5, 0.6) is 0 Å². The van der Waals surface area contributed by atoms with E-state index in [0.29, 0.717) is 11.0 Å². The molecule has 1 aromatic rings. The summed E-state index contributed by atoms with van der Waals surface area (Å²) in [6, 6.07) is 6.39. The minimum absolute atomic E-state index is 0.381. The van der Waals surface area contributed by atoms with Crippen LogP contribution in [-0.4, -0.2) is 36.2 Å². The first kappa shape index (κ1) is 16.7. The minimum Gasteiger partial charge on any atom is -0.389 e. The van der Waals surface area contributed by atoms with E-state index in [4.69, 9.17) is 34.3 Å². The predicted octanol–water partition coefficient (Wildman–Crippen LogP) is 3.22. The lowest BCUT2D eigenvalue weighted by Crippen LogP contribution is -2.36. The fourth-order valence-electron chi connectivity index (χ4n) is 2.56. The van der Waals surface area contributed by atoms with Crippen molar-refractivity contribution >= 4 is 28.8 Å². The number of ether oxygens (including phenoxy) is 1. The highest BCUT2D eigenvalue weighted by Crippen LogP contribution is 2.36. The van der Waals surface area contributed by atoms with E-state index in [1.165, 1.54) is 12.8 Å². The van der Waals surface area contributed by atoms with Gasteiger partial charge >= 0.3 is 0 Å². The average Bonchev–Trinajstić information content (AvgIpc) is 3.28. The third-order valence-corrected chi connectivity index (χ3v) is 4.76. The molecule has 5 heteroatoms. The van der Waals surface area contributed by atoms with Gasteiger partial charge in [-0.3, -0.25) is 4.90 Å². The maximum atomic E-state index is 6.38. The molecule has 1 aliphatic carbocycles. The number of nitrogens with zero attached hydrogens (tertiary/aromatic N) is 1. The summed E-state index contributed by atoms with van der Waals surface area (Å²) >= 11 is 11.4. The van der Waals surface area contributed by atoms with Crippen molar-refractivity contribution in [1.82, 2.24) is 4.90 Å². The van der Waals surface area contributed by atoms with Gasteiger partial charge in [0.2, 0.25) is 0 Å². The zero-order valence-electron chi connectivity index (χ0n) is 12.6. The molecule has 1 aliphatic rings. The molecule has 0 bridgehead atoms. The molecule has 3 nitrogen and oxygen atoms in total. The smallest absolute Gasteiger partial charge is 0.104 e. The Hall–Kier alpha value is -0.680. The molecule has 0 saturated heterocycles. The number of methoxy groups -OCH3 is 1. The first-order chi connectivity index (χ1) is 10.0. The highest BCUT2D eigenvalue weighted by atomic mass is 35.5. The van der Waals surface area contributed by atoms with E-state index in [-0.39, 0.29) is 0 Å². The molecule has 0 aliphatic heterocycles. The van der Waals surface area contributed by atoms with E-state index in [9.17, 15) is 0 Å². The second-order valence-electron chi connectivity index (χ2n) is 5.71. The second kappa shape index (κ2) is 7.54. The van der Waals surface area contributed by atoms with Crippen molar-refractivity contribution in [2.24, 2.45) is 11.7 Å². The Balaban J connectivity index is 2.09. The largest absolute Gasteiger partial charge is 0.389 e. The third-order valence-electron chi connectivity index (χ3n) is 4.17. The van der Waals surface area contributed by atoms with E-state index < -0.39 is 0 Å². The fourth-order valence-corrected chi connectivity index (χ4v) is 2.93. The number of hydrogen-bond donors (Lipinski definition) is 1. The van der Waals surface area contributed by atoms with Gasteiger partial charge in [0.05, 0.1) is 6.61 Å². The molecular formula is C16H23ClN2OS. The molecule has 1 aromatic carbocycles. The van der Waals surface area contributed by atoms with Gasteiger partial charge in [-0.15, -0.1) is 0 Å². The molecule has 1 atom stereocenters. The van der Waals surface area contributed by atoms with Crippen LogP contribution in [0.25, 0.3) is 0 Å². The monoisotopic (exact) mass is 326 g/mol. The van der Waals surface area contributed by atoms with Gasteiger partial charge < -0.3 is 10.5 Å². The maximum Gasteiger partial charge on any atom is 0.104 e. The lowest BCUT2D eigenvalue weighted by molar-refractivity contribution is 0.111. The average molecular weight is 327 g/mol. The molecule has 21 heavy (non-hydrogen) atoms. The van der Waals surface area contributed by atoms with Crippen LogP contribution in [0.15, 0.2) is 18.2 Å².